The molecular weight excluding hydrogens is 330 g/mol. The van der Waals surface area contributed by atoms with Crippen LogP contribution in [0.5, 0.6) is 0 Å². The molecule has 4 amide bonds. The van der Waals surface area contributed by atoms with Gasteiger partial charge in [0.05, 0.1) is 0 Å². The number of carbonyl (C=O) groups excluding carboxylic acids is 4. The van der Waals surface area contributed by atoms with Crippen LogP contribution in [0.3, 0.4) is 0 Å². The maximum absolute atomic E-state index is 11.7. The highest BCUT2D eigenvalue weighted by molar-refractivity contribution is 6.02. The number of nitrogens with one attached hydrogen (secondary N) is 2. The van der Waals surface area contributed by atoms with Crippen LogP contribution in [-0.4, -0.2) is 34.7 Å². The number of benzene rings is 1. The molecular formula is C16H19N3O6. The summed E-state index contributed by atoms with van der Waals surface area (Å²) < 4.78 is 5.12. The van der Waals surface area contributed by atoms with E-state index in [4.69, 9.17) is 4.74 Å². The fourth-order valence-corrected chi connectivity index (χ4v) is 1.94. The van der Waals surface area contributed by atoms with Crippen molar-refractivity contribution in [2.45, 2.75) is 39.2 Å². The highest BCUT2D eigenvalue weighted by atomic mass is 16.7. The molecule has 0 radical (unpaired) electrons. The van der Waals surface area contributed by atoms with Gasteiger partial charge in [-0.1, -0.05) is 0 Å². The number of hydrogen-bond acceptors (Lipinski definition) is 6. The van der Waals surface area contributed by atoms with E-state index < -0.39 is 29.6 Å². The molecule has 0 bridgehead atoms. The fourth-order valence-electron chi connectivity index (χ4n) is 1.94. The Hall–Kier alpha value is -3.10. The van der Waals surface area contributed by atoms with Gasteiger partial charge in [-0.05, 0) is 45.0 Å². The van der Waals surface area contributed by atoms with Gasteiger partial charge in [-0.3, -0.25) is 20.2 Å². The summed E-state index contributed by atoms with van der Waals surface area (Å²) in [7, 11) is 0. The number of nitrogens with zero attached hydrogens (tertiary/aromatic N) is 1. The Balaban J connectivity index is 1.87. The van der Waals surface area contributed by atoms with Crippen LogP contribution in [0.25, 0.3) is 0 Å². The molecule has 1 heterocycles. The predicted molar refractivity (Wildman–Crippen MR) is 87.5 cm³/mol. The molecule has 2 N–H and O–H groups in total. The Bertz CT molecular complexity index is 677. The minimum atomic E-state index is -0.962. The van der Waals surface area contributed by atoms with Gasteiger partial charge >= 0.3 is 12.2 Å². The van der Waals surface area contributed by atoms with Crippen LogP contribution in [0.4, 0.5) is 21.0 Å². The average molecular weight is 349 g/mol. The minimum absolute atomic E-state index is 0.0249. The molecule has 2 rings (SSSR count). The van der Waals surface area contributed by atoms with Crippen LogP contribution in [-0.2, 0) is 19.2 Å². The van der Waals surface area contributed by atoms with Gasteiger partial charge in [-0.15, -0.1) is 5.06 Å². The molecule has 0 saturated carbocycles. The van der Waals surface area contributed by atoms with Crippen molar-refractivity contribution in [2.24, 2.45) is 0 Å². The number of carbonyl (C=O) groups is 4. The SMILES string of the molecule is CC(C)(C)OC(=O)Nc1ccc(NC(=O)ON2C(=O)CCC2=O)cc1. The smallest absolute Gasteiger partial charge is 0.436 e. The van der Waals surface area contributed by atoms with E-state index in [9.17, 15) is 19.2 Å². The zero-order chi connectivity index (χ0) is 18.6. The van der Waals surface area contributed by atoms with E-state index >= 15 is 0 Å². The highest BCUT2D eigenvalue weighted by Crippen LogP contribution is 2.17. The van der Waals surface area contributed by atoms with Crippen molar-refractivity contribution in [1.29, 1.82) is 0 Å². The van der Waals surface area contributed by atoms with Crippen molar-refractivity contribution in [3.05, 3.63) is 24.3 Å². The van der Waals surface area contributed by atoms with Crippen LogP contribution < -0.4 is 10.6 Å². The largest absolute Gasteiger partial charge is 0.444 e. The molecule has 0 spiro atoms. The molecule has 1 aromatic rings. The maximum Gasteiger partial charge on any atom is 0.436 e. The zero-order valence-electron chi connectivity index (χ0n) is 14.1. The number of imide groups is 1. The summed E-state index contributed by atoms with van der Waals surface area (Å²) in [5.41, 5.74) is 0.219. The lowest BCUT2D eigenvalue weighted by atomic mass is 10.2. The minimum Gasteiger partial charge on any atom is -0.444 e. The average Bonchev–Trinajstić information content (AvgIpc) is 2.79. The molecule has 0 aliphatic carbocycles. The summed E-state index contributed by atoms with van der Waals surface area (Å²) >= 11 is 0. The van der Waals surface area contributed by atoms with Gasteiger partial charge < -0.3 is 9.57 Å². The van der Waals surface area contributed by atoms with E-state index in [0.717, 1.165) is 0 Å². The van der Waals surface area contributed by atoms with E-state index in [1.54, 1.807) is 32.9 Å². The van der Waals surface area contributed by atoms with Gasteiger partial charge in [0, 0.05) is 24.2 Å². The summed E-state index contributed by atoms with van der Waals surface area (Å²) in [4.78, 5) is 50.8. The first-order valence-corrected chi connectivity index (χ1v) is 7.59. The van der Waals surface area contributed by atoms with Crippen molar-refractivity contribution in [1.82, 2.24) is 5.06 Å². The third kappa shape index (κ3) is 5.48. The van der Waals surface area contributed by atoms with Crippen molar-refractivity contribution >= 4 is 35.4 Å². The number of hydrogen-bond donors (Lipinski definition) is 2. The van der Waals surface area contributed by atoms with Crippen LogP contribution in [0.2, 0.25) is 0 Å². The molecule has 1 aromatic carbocycles. The monoisotopic (exact) mass is 349 g/mol. The Morgan fingerprint density at radius 2 is 1.36 bits per heavy atom. The van der Waals surface area contributed by atoms with Crippen molar-refractivity contribution in [2.75, 3.05) is 10.6 Å². The second-order valence-electron chi connectivity index (χ2n) is 6.29. The molecule has 9 nitrogen and oxygen atoms in total. The van der Waals surface area contributed by atoms with Crippen LogP contribution >= 0.6 is 0 Å². The topological polar surface area (TPSA) is 114 Å². The second kappa shape index (κ2) is 7.20. The Kier molecular flexibility index (Phi) is 5.26. The van der Waals surface area contributed by atoms with E-state index in [0.29, 0.717) is 16.4 Å². The lowest BCUT2D eigenvalue weighted by molar-refractivity contribution is -0.170. The van der Waals surface area contributed by atoms with Gasteiger partial charge in [0.25, 0.3) is 11.8 Å². The van der Waals surface area contributed by atoms with E-state index in [-0.39, 0.29) is 12.8 Å². The van der Waals surface area contributed by atoms with Crippen molar-refractivity contribution < 1.29 is 28.8 Å². The van der Waals surface area contributed by atoms with Crippen LogP contribution in [0.1, 0.15) is 33.6 Å². The van der Waals surface area contributed by atoms with Crippen molar-refractivity contribution in [3.63, 3.8) is 0 Å². The van der Waals surface area contributed by atoms with Gasteiger partial charge in [0.2, 0.25) is 0 Å². The highest BCUT2D eigenvalue weighted by Gasteiger charge is 2.32. The van der Waals surface area contributed by atoms with Crippen LogP contribution in [0.15, 0.2) is 24.3 Å². The molecule has 25 heavy (non-hydrogen) atoms. The third-order valence-corrected chi connectivity index (χ3v) is 2.96. The van der Waals surface area contributed by atoms with Gasteiger partial charge in [-0.2, -0.15) is 0 Å². The third-order valence-electron chi connectivity index (χ3n) is 2.96. The number of anilines is 2. The summed E-state index contributed by atoms with van der Waals surface area (Å²) in [6.45, 7) is 5.25. The zero-order valence-corrected chi connectivity index (χ0v) is 14.1. The molecule has 0 unspecified atom stereocenters. The first-order valence-electron chi connectivity index (χ1n) is 7.59. The normalized spacial score (nSPS) is 14.3. The lowest BCUT2D eigenvalue weighted by Gasteiger charge is -2.19. The number of amides is 4. The van der Waals surface area contributed by atoms with E-state index in [1.807, 2.05) is 0 Å². The predicted octanol–water partition coefficient (Wildman–Crippen LogP) is 2.65. The maximum atomic E-state index is 11.7. The summed E-state index contributed by atoms with van der Waals surface area (Å²) in [5, 5.41) is 5.38. The van der Waals surface area contributed by atoms with Crippen molar-refractivity contribution in [3.8, 4) is 0 Å². The fraction of sp³-hybridized carbons (Fsp3) is 0.375. The Morgan fingerprint density at radius 1 is 0.920 bits per heavy atom. The van der Waals surface area contributed by atoms with Gasteiger partial charge in [0.1, 0.15) is 5.60 Å². The van der Waals surface area contributed by atoms with Crippen LogP contribution in [0, 0.1) is 0 Å². The molecule has 1 aliphatic heterocycles. The molecule has 9 heteroatoms. The van der Waals surface area contributed by atoms with E-state index in [1.165, 1.54) is 12.1 Å². The number of hydroxylamine groups is 2. The summed E-state index contributed by atoms with van der Waals surface area (Å²) in [5.74, 6) is -1.12. The molecule has 0 atom stereocenters. The number of rotatable bonds is 3. The first-order chi connectivity index (χ1) is 11.6. The Morgan fingerprint density at radius 3 is 1.80 bits per heavy atom. The molecule has 134 valence electrons. The van der Waals surface area contributed by atoms with E-state index in [2.05, 4.69) is 15.5 Å². The summed E-state index contributed by atoms with van der Waals surface area (Å²) in [6.07, 6.45) is -1.51. The van der Waals surface area contributed by atoms with Gasteiger partial charge in [-0.25, -0.2) is 9.59 Å². The quantitative estimate of drug-likeness (QED) is 0.811. The molecule has 1 aliphatic rings. The lowest BCUT2D eigenvalue weighted by Crippen LogP contribution is -2.33. The van der Waals surface area contributed by atoms with Gasteiger partial charge in [0.15, 0.2) is 0 Å². The molecule has 1 fully saturated rings. The Labute approximate surface area is 144 Å². The second-order valence-corrected chi connectivity index (χ2v) is 6.29. The molecule has 0 aromatic heterocycles. The summed E-state index contributed by atoms with van der Waals surface area (Å²) in [6, 6.07) is 6.13. The number of ether oxygens (including phenoxy) is 1. The standard InChI is InChI=1S/C16H19N3O6/c1-16(2,3)24-14(22)17-10-4-6-11(7-5-10)18-15(23)25-19-12(20)8-9-13(19)21/h4-7H,8-9H2,1-3H3,(H,17,22)(H,18,23). The first kappa shape index (κ1) is 18.2. The molecule has 1 saturated heterocycles.